The van der Waals surface area contributed by atoms with E-state index in [1.807, 2.05) is 4.68 Å². The van der Waals surface area contributed by atoms with Gasteiger partial charge in [-0.1, -0.05) is 29.3 Å². The van der Waals surface area contributed by atoms with Gasteiger partial charge in [-0.05, 0) is 88.6 Å². The van der Waals surface area contributed by atoms with E-state index in [1.54, 1.807) is 0 Å². The number of ether oxygens (including phenoxy) is 2. The predicted molar refractivity (Wildman–Crippen MR) is 149 cm³/mol. The molecule has 5 rings (SSSR count). The maximum atomic E-state index is 7.09. The van der Waals surface area contributed by atoms with Crippen molar-refractivity contribution in [2.75, 3.05) is 31.2 Å². The molecule has 0 N–H and O–H groups in total. The summed E-state index contributed by atoms with van der Waals surface area (Å²) in [5.41, 5.74) is 9.73. The zero-order valence-electron chi connectivity index (χ0n) is 22.0. The first kappa shape index (κ1) is 24.7. The Kier molecular flexibility index (Phi) is 6.71. The van der Waals surface area contributed by atoms with Crippen LogP contribution < -0.4 is 9.64 Å². The first-order valence-electron chi connectivity index (χ1n) is 12.6. The van der Waals surface area contributed by atoms with Gasteiger partial charge in [-0.15, -0.1) is 0 Å². The smallest absolute Gasteiger partial charge is 0.127 e. The van der Waals surface area contributed by atoms with Gasteiger partial charge in [-0.3, -0.25) is 0 Å². The highest BCUT2D eigenvalue weighted by Gasteiger charge is 2.22. The molecule has 0 bridgehead atoms. The lowest BCUT2D eigenvalue weighted by Crippen LogP contribution is -2.36. The summed E-state index contributed by atoms with van der Waals surface area (Å²) in [6.45, 7) is 15.6. The molecular formula is C30H34ClN3O2. The summed E-state index contributed by atoms with van der Waals surface area (Å²) in [5, 5.41) is 6.83. The van der Waals surface area contributed by atoms with Gasteiger partial charge in [0.15, 0.2) is 0 Å². The largest absolute Gasteiger partial charge is 0.490 e. The third kappa shape index (κ3) is 4.46. The summed E-state index contributed by atoms with van der Waals surface area (Å²) < 4.78 is 13.7. The number of fused-ring (bicyclic) bond motifs is 1. The van der Waals surface area contributed by atoms with E-state index >= 15 is 0 Å². The average molecular weight is 504 g/mol. The fourth-order valence-corrected chi connectivity index (χ4v) is 5.46. The summed E-state index contributed by atoms with van der Waals surface area (Å²) in [6, 6.07) is 15.1. The molecule has 0 spiro atoms. The van der Waals surface area contributed by atoms with Crippen molar-refractivity contribution >= 4 is 28.2 Å². The number of aryl methyl sites for hydroxylation is 4. The van der Waals surface area contributed by atoms with Gasteiger partial charge in [0.25, 0.3) is 0 Å². The summed E-state index contributed by atoms with van der Waals surface area (Å²) in [4.78, 5) is 2.30. The van der Waals surface area contributed by atoms with Gasteiger partial charge in [0, 0.05) is 24.0 Å². The lowest BCUT2D eigenvalue weighted by Gasteiger charge is -2.30. The number of benzene rings is 3. The van der Waals surface area contributed by atoms with Crippen molar-refractivity contribution < 1.29 is 9.47 Å². The Morgan fingerprint density at radius 2 is 1.67 bits per heavy atom. The van der Waals surface area contributed by atoms with Crippen LogP contribution >= 0.6 is 11.6 Å². The molecule has 0 unspecified atom stereocenters. The Morgan fingerprint density at radius 3 is 2.39 bits per heavy atom. The molecule has 3 aromatic carbocycles. The molecule has 0 amide bonds. The van der Waals surface area contributed by atoms with Crippen LogP contribution in [0, 0.1) is 27.7 Å². The van der Waals surface area contributed by atoms with Crippen molar-refractivity contribution in [2.45, 2.75) is 47.6 Å². The van der Waals surface area contributed by atoms with Crippen molar-refractivity contribution in [3.8, 4) is 22.6 Å². The van der Waals surface area contributed by atoms with Gasteiger partial charge in [-0.2, -0.15) is 5.10 Å². The molecular weight excluding hydrogens is 470 g/mol. The second-order valence-corrected chi connectivity index (χ2v) is 10.4. The van der Waals surface area contributed by atoms with Gasteiger partial charge in [0.05, 0.1) is 46.9 Å². The SMILES string of the molecule is Cc1ccc(OC(C)C)c(-c2cc3c(C)nn(-c4c(C)ccc(N5CCOCC5)c4Cl)c3cc2C)c1. The molecule has 188 valence electrons. The fraction of sp³-hybridized carbons (Fsp3) is 0.367. The molecule has 1 aromatic heterocycles. The summed E-state index contributed by atoms with van der Waals surface area (Å²) >= 11 is 7.09. The number of halogens is 1. The zero-order chi connectivity index (χ0) is 25.6. The molecule has 1 saturated heterocycles. The molecule has 0 radical (unpaired) electrons. The standard InChI is InChI=1S/C30H34ClN3O2/c1-18(2)36-28-10-7-19(3)15-25(28)23-17-24-22(6)32-34(27(24)16-21(23)5)30-20(4)8-9-26(29(30)31)33-11-13-35-14-12-33/h7-10,15-18H,11-14H2,1-6H3. The first-order valence-corrected chi connectivity index (χ1v) is 13.0. The highest BCUT2D eigenvalue weighted by atomic mass is 35.5. The molecule has 0 saturated carbocycles. The summed E-state index contributed by atoms with van der Waals surface area (Å²) in [5.74, 6) is 0.903. The van der Waals surface area contributed by atoms with Crippen LogP contribution in [0.1, 0.15) is 36.2 Å². The van der Waals surface area contributed by atoms with E-state index in [9.17, 15) is 0 Å². The number of hydrogen-bond donors (Lipinski definition) is 0. The van der Waals surface area contributed by atoms with Crippen molar-refractivity contribution in [3.05, 3.63) is 69.9 Å². The summed E-state index contributed by atoms with van der Waals surface area (Å²) in [6.07, 6.45) is 0.101. The summed E-state index contributed by atoms with van der Waals surface area (Å²) in [7, 11) is 0. The van der Waals surface area contributed by atoms with Gasteiger partial charge in [0.1, 0.15) is 5.75 Å². The van der Waals surface area contributed by atoms with E-state index in [1.165, 1.54) is 11.1 Å². The highest BCUT2D eigenvalue weighted by Crippen LogP contribution is 2.40. The van der Waals surface area contributed by atoms with Gasteiger partial charge >= 0.3 is 0 Å². The van der Waals surface area contributed by atoms with Crippen LogP contribution in [-0.2, 0) is 4.74 Å². The van der Waals surface area contributed by atoms with Gasteiger partial charge in [-0.25, -0.2) is 4.68 Å². The third-order valence-corrected chi connectivity index (χ3v) is 7.23. The minimum atomic E-state index is 0.101. The van der Waals surface area contributed by atoms with E-state index in [4.69, 9.17) is 26.2 Å². The van der Waals surface area contributed by atoms with Crippen LogP contribution in [0.2, 0.25) is 5.02 Å². The maximum absolute atomic E-state index is 7.09. The topological polar surface area (TPSA) is 39.5 Å². The molecule has 2 heterocycles. The van der Waals surface area contributed by atoms with Gasteiger partial charge < -0.3 is 14.4 Å². The number of morpholine rings is 1. The van der Waals surface area contributed by atoms with Gasteiger partial charge in [0.2, 0.25) is 0 Å². The minimum absolute atomic E-state index is 0.101. The van der Waals surface area contributed by atoms with Crippen LogP contribution in [0.25, 0.3) is 27.7 Å². The van der Waals surface area contributed by atoms with E-state index in [2.05, 4.69) is 88.9 Å². The minimum Gasteiger partial charge on any atom is -0.490 e. The van der Waals surface area contributed by atoms with E-state index < -0.39 is 0 Å². The van der Waals surface area contributed by atoms with E-state index in [0.29, 0.717) is 13.2 Å². The quantitative estimate of drug-likeness (QED) is 0.288. The van der Waals surface area contributed by atoms with Crippen molar-refractivity contribution in [2.24, 2.45) is 0 Å². The second-order valence-electron chi connectivity index (χ2n) is 10.0. The Balaban J connectivity index is 1.67. The molecule has 5 nitrogen and oxygen atoms in total. The Bertz CT molecular complexity index is 1430. The number of nitrogens with zero attached hydrogens (tertiary/aromatic N) is 3. The zero-order valence-corrected chi connectivity index (χ0v) is 22.7. The maximum Gasteiger partial charge on any atom is 0.127 e. The lowest BCUT2D eigenvalue weighted by molar-refractivity contribution is 0.122. The lowest BCUT2D eigenvalue weighted by atomic mass is 9.96. The number of anilines is 1. The molecule has 6 heteroatoms. The molecule has 0 aliphatic carbocycles. The molecule has 1 aliphatic heterocycles. The Hall–Kier alpha value is -3.02. The molecule has 0 atom stereocenters. The van der Waals surface area contributed by atoms with Crippen LogP contribution in [0.3, 0.4) is 0 Å². The van der Waals surface area contributed by atoms with Crippen LogP contribution in [0.15, 0.2) is 42.5 Å². The van der Waals surface area contributed by atoms with Crippen molar-refractivity contribution in [3.63, 3.8) is 0 Å². The van der Waals surface area contributed by atoms with Crippen LogP contribution in [0.4, 0.5) is 5.69 Å². The van der Waals surface area contributed by atoms with Crippen LogP contribution in [0.5, 0.6) is 5.75 Å². The van der Waals surface area contributed by atoms with Crippen molar-refractivity contribution in [1.29, 1.82) is 0 Å². The highest BCUT2D eigenvalue weighted by molar-refractivity contribution is 6.35. The van der Waals surface area contributed by atoms with E-state index in [-0.39, 0.29) is 6.10 Å². The van der Waals surface area contributed by atoms with Crippen molar-refractivity contribution in [1.82, 2.24) is 9.78 Å². The Morgan fingerprint density at radius 1 is 0.917 bits per heavy atom. The number of hydrogen-bond acceptors (Lipinski definition) is 4. The fourth-order valence-electron chi connectivity index (χ4n) is 5.05. The second kappa shape index (κ2) is 9.79. The molecule has 1 fully saturated rings. The third-order valence-electron chi connectivity index (χ3n) is 6.86. The molecule has 4 aromatic rings. The van der Waals surface area contributed by atoms with Crippen LogP contribution in [-0.4, -0.2) is 42.2 Å². The molecule has 36 heavy (non-hydrogen) atoms. The first-order chi connectivity index (χ1) is 17.2. The number of rotatable bonds is 5. The van der Waals surface area contributed by atoms with E-state index in [0.717, 1.165) is 68.5 Å². The normalized spacial score (nSPS) is 14.2. The molecule has 1 aliphatic rings. The predicted octanol–water partition coefficient (Wildman–Crippen LogP) is 7.20. The Labute approximate surface area is 218 Å². The monoisotopic (exact) mass is 503 g/mol. The average Bonchev–Trinajstić information content (AvgIpc) is 3.15. The number of aromatic nitrogens is 2.